The molecule has 0 radical (unpaired) electrons. The summed E-state index contributed by atoms with van der Waals surface area (Å²) in [6.07, 6.45) is 0. The Morgan fingerprint density at radius 2 is 2.24 bits per heavy atom. The van der Waals surface area contributed by atoms with Crippen LogP contribution in [0.3, 0.4) is 0 Å². The van der Waals surface area contributed by atoms with Crippen molar-refractivity contribution in [2.24, 2.45) is 0 Å². The van der Waals surface area contributed by atoms with Gasteiger partial charge in [0.05, 0.1) is 18.4 Å². The van der Waals surface area contributed by atoms with E-state index in [1.165, 1.54) is 7.11 Å². The topological polar surface area (TPSA) is 64.3 Å². The monoisotopic (exact) mass is 248 g/mol. The molecule has 3 N–H and O–H groups in total. The van der Waals surface area contributed by atoms with E-state index in [-0.39, 0.29) is 0 Å². The number of esters is 1. The molecule has 1 heterocycles. The van der Waals surface area contributed by atoms with Crippen molar-refractivity contribution in [3.05, 3.63) is 40.6 Å². The van der Waals surface area contributed by atoms with Crippen LogP contribution in [0.2, 0.25) is 0 Å². The van der Waals surface area contributed by atoms with Crippen LogP contribution in [0.5, 0.6) is 0 Å². The maximum atomic E-state index is 11.6. The zero-order chi connectivity index (χ0) is 12.3. The highest BCUT2D eigenvalue weighted by molar-refractivity contribution is 7.08. The quantitative estimate of drug-likeness (QED) is 0.647. The van der Waals surface area contributed by atoms with Crippen LogP contribution in [-0.2, 0) is 4.74 Å². The molecule has 4 nitrogen and oxygen atoms in total. The van der Waals surface area contributed by atoms with Gasteiger partial charge in [-0.2, -0.15) is 11.3 Å². The predicted molar refractivity (Wildman–Crippen MR) is 69.8 cm³/mol. The van der Waals surface area contributed by atoms with Gasteiger partial charge < -0.3 is 15.8 Å². The van der Waals surface area contributed by atoms with Crippen molar-refractivity contribution >= 4 is 34.4 Å². The van der Waals surface area contributed by atoms with Crippen molar-refractivity contribution in [3.63, 3.8) is 0 Å². The van der Waals surface area contributed by atoms with E-state index in [0.29, 0.717) is 16.9 Å². The van der Waals surface area contributed by atoms with Gasteiger partial charge in [-0.15, -0.1) is 0 Å². The van der Waals surface area contributed by atoms with E-state index in [1.54, 1.807) is 29.5 Å². The largest absolute Gasteiger partial charge is 0.465 e. The van der Waals surface area contributed by atoms with Gasteiger partial charge >= 0.3 is 5.97 Å². The third-order valence-corrected chi connectivity index (χ3v) is 2.93. The second-order valence-corrected chi connectivity index (χ2v) is 4.21. The third kappa shape index (κ3) is 2.57. The molecule has 17 heavy (non-hydrogen) atoms. The summed E-state index contributed by atoms with van der Waals surface area (Å²) < 4.78 is 4.72. The molecule has 0 aliphatic rings. The molecular weight excluding hydrogens is 236 g/mol. The fourth-order valence-corrected chi connectivity index (χ4v) is 2.03. The molecule has 0 unspecified atom stereocenters. The van der Waals surface area contributed by atoms with Gasteiger partial charge in [-0.25, -0.2) is 4.79 Å². The third-order valence-electron chi connectivity index (χ3n) is 2.25. The zero-order valence-electron chi connectivity index (χ0n) is 9.27. The average molecular weight is 248 g/mol. The number of carbonyl (C=O) groups is 1. The van der Waals surface area contributed by atoms with Gasteiger partial charge in [0.25, 0.3) is 0 Å². The van der Waals surface area contributed by atoms with E-state index in [0.717, 1.165) is 5.69 Å². The Kier molecular flexibility index (Phi) is 3.30. The number of nitrogens with two attached hydrogens (primary N) is 1. The minimum absolute atomic E-state index is 0.407. The summed E-state index contributed by atoms with van der Waals surface area (Å²) in [5.74, 6) is -0.407. The van der Waals surface area contributed by atoms with E-state index in [9.17, 15) is 4.79 Å². The number of ether oxygens (including phenoxy) is 1. The zero-order valence-corrected chi connectivity index (χ0v) is 10.1. The molecule has 88 valence electrons. The Bertz CT molecular complexity index is 523. The van der Waals surface area contributed by atoms with E-state index < -0.39 is 5.97 Å². The standard InChI is InChI=1S/C12H12N2O2S/c1-16-12(15)10-6-8(13)2-3-11(10)14-9-4-5-17-7-9/h2-7,14H,13H2,1H3. The van der Waals surface area contributed by atoms with Crippen LogP contribution in [0.4, 0.5) is 17.1 Å². The molecule has 0 saturated heterocycles. The molecule has 0 atom stereocenters. The summed E-state index contributed by atoms with van der Waals surface area (Å²) in [5, 5.41) is 7.06. The van der Waals surface area contributed by atoms with Crippen LogP contribution in [0.1, 0.15) is 10.4 Å². The molecule has 0 spiro atoms. The predicted octanol–water partition coefficient (Wildman–Crippen LogP) is 2.86. The lowest BCUT2D eigenvalue weighted by Gasteiger charge is -2.10. The molecule has 2 aromatic rings. The van der Waals surface area contributed by atoms with E-state index >= 15 is 0 Å². The summed E-state index contributed by atoms with van der Waals surface area (Å²) in [6.45, 7) is 0. The average Bonchev–Trinajstić information content (AvgIpc) is 2.83. The first-order valence-corrected chi connectivity index (χ1v) is 5.92. The highest BCUT2D eigenvalue weighted by Crippen LogP contribution is 2.25. The molecular formula is C12H12N2O2S. The van der Waals surface area contributed by atoms with Crippen molar-refractivity contribution in [2.45, 2.75) is 0 Å². The molecule has 0 fully saturated rings. The van der Waals surface area contributed by atoms with Crippen LogP contribution in [0.15, 0.2) is 35.0 Å². The number of carbonyl (C=O) groups excluding carboxylic acids is 1. The van der Waals surface area contributed by atoms with Gasteiger partial charge in [0.1, 0.15) is 0 Å². The summed E-state index contributed by atoms with van der Waals surface area (Å²) >= 11 is 1.58. The van der Waals surface area contributed by atoms with Crippen molar-refractivity contribution < 1.29 is 9.53 Å². The van der Waals surface area contributed by atoms with Crippen molar-refractivity contribution in [1.29, 1.82) is 0 Å². The first kappa shape index (κ1) is 11.5. The Hall–Kier alpha value is -2.01. The van der Waals surface area contributed by atoms with Crippen LogP contribution in [-0.4, -0.2) is 13.1 Å². The molecule has 5 heteroatoms. The number of anilines is 3. The number of hydrogen-bond acceptors (Lipinski definition) is 5. The lowest BCUT2D eigenvalue weighted by atomic mass is 10.1. The minimum Gasteiger partial charge on any atom is -0.465 e. The van der Waals surface area contributed by atoms with Gasteiger partial charge in [0.2, 0.25) is 0 Å². The summed E-state index contributed by atoms with van der Waals surface area (Å²) in [6, 6.07) is 7.03. The summed E-state index contributed by atoms with van der Waals surface area (Å²) in [7, 11) is 1.35. The number of methoxy groups -OCH3 is 1. The first-order chi connectivity index (χ1) is 8.20. The second kappa shape index (κ2) is 4.88. The van der Waals surface area contributed by atoms with Crippen LogP contribution >= 0.6 is 11.3 Å². The molecule has 1 aromatic carbocycles. The van der Waals surface area contributed by atoms with Crippen LogP contribution in [0, 0.1) is 0 Å². The molecule has 0 aliphatic carbocycles. The SMILES string of the molecule is COC(=O)c1cc(N)ccc1Nc1ccsc1. The fraction of sp³-hybridized carbons (Fsp3) is 0.0833. The van der Waals surface area contributed by atoms with Gasteiger partial charge in [-0.3, -0.25) is 0 Å². The molecule has 0 bridgehead atoms. The van der Waals surface area contributed by atoms with Gasteiger partial charge in [-0.05, 0) is 29.6 Å². The summed E-state index contributed by atoms with van der Waals surface area (Å²) in [4.78, 5) is 11.6. The number of hydrogen-bond donors (Lipinski definition) is 2. The Morgan fingerprint density at radius 3 is 2.88 bits per heavy atom. The van der Waals surface area contributed by atoms with Crippen molar-refractivity contribution in [3.8, 4) is 0 Å². The van der Waals surface area contributed by atoms with Crippen LogP contribution in [0.25, 0.3) is 0 Å². The number of nitrogen functional groups attached to an aromatic ring is 1. The van der Waals surface area contributed by atoms with Gasteiger partial charge in [0.15, 0.2) is 0 Å². The number of rotatable bonds is 3. The molecule has 0 aliphatic heterocycles. The Balaban J connectivity index is 2.35. The summed E-state index contributed by atoms with van der Waals surface area (Å²) in [5.41, 5.74) is 8.24. The van der Waals surface area contributed by atoms with Gasteiger partial charge in [0, 0.05) is 16.8 Å². The molecule has 0 saturated carbocycles. The highest BCUT2D eigenvalue weighted by atomic mass is 32.1. The maximum absolute atomic E-state index is 11.6. The molecule has 1 aromatic heterocycles. The number of nitrogens with one attached hydrogen (secondary N) is 1. The molecule has 0 amide bonds. The normalized spacial score (nSPS) is 9.94. The second-order valence-electron chi connectivity index (χ2n) is 3.43. The minimum atomic E-state index is -0.407. The number of thiophene rings is 1. The fourth-order valence-electron chi connectivity index (χ4n) is 1.44. The van der Waals surface area contributed by atoms with E-state index in [4.69, 9.17) is 10.5 Å². The smallest absolute Gasteiger partial charge is 0.340 e. The Labute approximate surface area is 103 Å². The lowest BCUT2D eigenvalue weighted by molar-refractivity contribution is 0.0602. The number of benzene rings is 1. The van der Waals surface area contributed by atoms with Crippen molar-refractivity contribution in [2.75, 3.05) is 18.2 Å². The lowest BCUT2D eigenvalue weighted by Crippen LogP contribution is -2.06. The van der Waals surface area contributed by atoms with E-state index in [2.05, 4.69) is 5.32 Å². The highest BCUT2D eigenvalue weighted by Gasteiger charge is 2.12. The van der Waals surface area contributed by atoms with Crippen molar-refractivity contribution in [1.82, 2.24) is 0 Å². The van der Waals surface area contributed by atoms with Gasteiger partial charge in [-0.1, -0.05) is 0 Å². The maximum Gasteiger partial charge on any atom is 0.340 e. The molecule has 2 rings (SSSR count). The first-order valence-electron chi connectivity index (χ1n) is 4.98. The van der Waals surface area contributed by atoms with Crippen LogP contribution < -0.4 is 11.1 Å². The van der Waals surface area contributed by atoms with E-state index in [1.807, 2.05) is 16.8 Å². The Morgan fingerprint density at radius 1 is 1.41 bits per heavy atom.